The van der Waals surface area contributed by atoms with Crippen LogP contribution in [-0.2, 0) is 86.8 Å². The molecule has 0 spiro atoms. The van der Waals surface area contributed by atoms with Crippen LogP contribution in [0.3, 0.4) is 0 Å². The molecule has 0 atom stereocenters. The van der Waals surface area contributed by atoms with Gasteiger partial charge in [0, 0.05) is 180 Å². The van der Waals surface area contributed by atoms with E-state index >= 15 is 0 Å². The quantitative estimate of drug-likeness (QED) is 0.0554. The fourth-order valence-electron chi connectivity index (χ4n) is 24.3. The smallest absolute Gasteiger partial charge is 0.216 e. The Labute approximate surface area is 944 Å². The molecule has 0 saturated heterocycles. The Morgan fingerprint density at radius 1 is 0.295 bits per heavy atom. The maximum Gasteiger partial charge on any atom is 0.216 e. The Morgan fingerprint density at radius 2 is 0.711 bits per heavy atom. The second kappa shape index (κ2) is 48.2. The molecule has 0 saturated carbocycles. The molecule has 0 aliphatic carbocycles. The van der Waals surface area contributed by atoms with Crippen LogP contribution >= 0.6 is 0 Å². The fourth-order valence-corrected chi connectivity index (χ4v) is 229. The fraction of sp³-hybridized carbons (Fsp3) is 0.238. The van der Waals surface area contributed by atoms with E-state index in [2.05, 4.69) is 373 Å². The SMILES string of the molecule is C[Si](C)(C)[Si](c1ccc(-c2[c-]cc3c(c2)oc2ccccc23)nc1)([Si](C)(C)C)[Si](C)(C)C.C[Si](C)(c1ccccc1)c1ccc(-c2[c-]ncc3c2oc2ccccc23)nc1.Cc1cc(-c2[c-]cc3c(c2)oc2ccccc23)ncc1[Si]([Si](C)(C)C)([Si](C)(C)C)[Si](C)(C)C.Cc1ccc2c(n1)oc1c(-c3cc(CC(C)C)c([Si](C)(C)C)cn3)[c-]ncc12.[Ir].[Ir].[Ir].[Ir].[c-]1ccccc1-c1ccccn1.[c-]1ccccc1-c1ccccn1. The van der Waals surface area contributed by atoms with Crippen LogP contribution in [0.2, 0.25) is 151 Å². The van der Waals surface area contributed by atoms with Gasteiger partial charge in [0.15, 0.2) is 0 Å². The standard InChI is InChI=1S/C27H38NOSi4.C26H36NOSi4.C24H19N2OSi.C23H26N3OSi.2C11H8N.4Ir/c1-20-17-24(21-15-16-23-22-13-11-12-14-25(22)29-26(23)18-21)28-19-27(20)33(30(2,3)4,31(5,6)7)32(8,9)10;1-29(2,3)32(30(4,5)6,31(7,8)9)21-15-17-24(27-19-21)20-14-16-23-22-12-10-11-13-25(22)28-26(23)18-20;1-28(2,17-8-4-3-5-9-17)18-12-13-22(26-14-18)21-16-25-15-20-19-10-6-7-11-23(19)27-24(20)21;1-14(2)9-16-10-20(25-13-21(16)28(4,5)6)19-12-24-11-18-17-8-7-15(3)26-23(17)27-22(18)19;2*1-2-6-10(7-3-1)11-8-4-5-9-12-11;;;;/h11-14,16-19H,1-10H3;10-13,15-19H,1-9H3;3-15H,1-2H3;7-8,10-11,13-14H,9H2,1-6H3;2*1-6,8-9H;;;;/q6*-1;;;;. The monoisotopic (exact) mass is 2840 g/mol. The molecule has 21 rings (SSSR count). The molecule has 0 fully saturated rings. The van der Waals surface area contributed by atoms with Gasteiger partial charge in [-0.15, -0.1) is 107 Å². The molecule has 13 aromatic heterocycles. The Bertz CT molecular complexity index is 7900. The van der Waals surface area contributed by atoms with Crippen molar-refractivity contribution in [2.24, 2.45) is 5.92 Å². The zero-order valence-electron chi connectivity index (χ0n) is 90.7. The van der Waals surface area contributed by atoms with Crippen LogP contribution in [0, 0.1) is 56.4 Å². The molecule has 0 bridgehead atoms. The molecular weight excluding hydrogens is 2710 g/mol. The largest absolute Gasteiger partial charge is 0.500 e. The Kier molecular flexibility index (Phi) is 38.1. The number of para-hydroxylation sites is 3. The number of aryl methyl sites for hydroxylation is 2. The number of hydrogen-bond donors (Lipinski definition) is 0. The number of furan rings is 4. The van der Waals surface area contributed by atoms with Gasteiger partial charge in [-0.05, 0) is 165 Å². The molecule has 0 unspecified atom stereocenters. The van der Waals surface area contributed by atoms with E-state index in [1.165, 1.54) is 26.7 Å². The predicted octanol–water partition coefficient (Wildman–Crippen LogP) is 30.1. The second-order valence-electron chi connectivity index (χ2n) is 46.2. The summed E-state index contributed by atoms with van der Waals surface area (Å²) in [6, 6.07) is 102. The molecule has 774 valence electrons. The minimum Gasteiger partial charge on any atom is -0.500 e. The topological polar surface area (TPSA) is 169 Å². The number of pyridine rings is 9. The van der Waals surface area contributed by atoms with E-state index in [0.29, 0.717) is 11.6 Å². The third-order valence-corrected chi connectivity index (χ3v) is 177. The summed E-state index contributed by atoms with van der Waals surface area (Å²) in [6.45, 7) is 64.8. The van der Waals surface area contributed by atoms with Gasteiger partial charge >= 0.3 is 0 Å². The van der Waals surface area contributed by atoms with Crippen molar-refractivity contribution in [3.63, 3.8) is 0 Å². The van der Waals surface area contributed by atoms with Gasteiger partial charge < -0.3 is 57.5 Å². The van der Waals surface area contributed by atoms with Crippen molar-refractivity contribution in [2.75, 3.05) is 0 Å². The minimum atomic E-state index is -1.77. The summed E-state index contributed by atoms with van der Waals surface area (Å²) in [6.07, 6.45) is 23.0. The third kappa shape index (κ3) is 25.0. The van der Waals surface area contributed by atoms with E-state index in [1.54, 1.807) is 29.0 Å². The summed E-state index contributed by atoms with van der Waals surface area (Å²) in [7, 11) is -11.7. The first-order valence-corrected chi connectivity index (χ1v) is 87.9. The van der Waals surface area contributed by atoms with Gasteiger partial charge in [0.2, 0.25) is 5.71 Å². The average molecular weight is 2840 g/mol. The van der Waals surface area contributed by atoms with Crippen molar-refractivity contribution in [3.8, 4) is 67.5 Å². The van der Waals surface area contributed by atoms with Crippen LogP contribution in [-0.4, -0.2) is 120 Å². The second-order valence-corrected chi connectivity index (χ2v) is 136. The van der Waals surface area contributed by atoms with Crippen LogP contribution in [0.1, 0.15) is 30.7 Å². The first-order chi connectivity index (χ1) is 68.8. The van der Waals surface area contributed by atoms with E-state index in [1.807, 2.05) is 159 Å². The molecule has 13 heterocycles. The summed E-state index contributed by atoms with van der Waals surface area (Å²) in [5, 5.41) is 15.9. The van der Waals surface area contributed by atoms with Crippen molar-refractivity contribution in [1.82, 2.24) is 44.9 Å². The number of hydrogen-bond acceptors (Lipinski definition) is 13. The van der Waals surface area contributed by atoms with Gasteiger partial charge in [0.1, 0.15) is 24.8 Å². The van der Waals surface area contributed by atoms with Crippen LogP contribution in [0.25, 0.3) is 155 Å². The maximum atomic E-state index is 6.13. The van der Waals surface area contributed by atoms with E-state index in [4.69, 9.17) is 37.6 Å². The summed E-state index contributed by atoms with van der Waals surface area (Å²) in [5.74, 6) is 0.585. The van der Waals surface area contributed by atoms with Gasteiger partial charge in [-0.1, -0.05) is 366 Å². The van der Waals surface area contributed by atoms with Gasteiger partial charge in [0.25, 0.3) is 0 Å². The van der Waals surface area contributed by atoms with E-state index in [-0.39, 0.29) is 80.4 Å². The molecule has 27 heteroatoms. The Balaban J connectivity index is 0.000000162. The normalized spacial score (nSPS) is 12.1. The van der Waals surface area contributed by atoms with Crippen molar-refractivity contribution in [3.05, 3.63) is 364 Å². The molecule has 4 radical (unpaired) electrons. The average Bonchev–Trinajstić information content (AvgIpc) is 1.23. The Hall–Kier alpha value is -9.92. The number of aromatic nitrogens is 9. The van der Waals surface area contributed by atoms with E-state index in [0.717, 1.165) is 162 Å². The molecular formula is C122H135Ir4N9O4Si10-6. The molecule has 0 aliphatic heterocycles. The summed E-state index contributed by atoms with van der Waals surface area (Å²) >= 11 is 0. The van der Waals surface area contributed by atoms with Crippen molar-refractivity contribution < 1.29 is 98.1 Å². The third-order valence-electron chi connectivity index (χ3n) is 28.4. The molecule has 13 nitrogen and oxygen atoms in total. The van der Waals surface area contributed by atoms with Gasteiger partial charge in [-0.25, -0.2) is 4.98 Å². The molecule has 21 aromatic rings. The predicted molar refractivity (Wildman–Crippen MR) is 639 cm³/mol. The first-order valence-electron chi connectivity index (χ1n) is 50.4. The van der Waals surface area contributed by atoms with Gasteiger partial charge in [-0.2, -0.15) is 0 Å². The minimum absolute atomic E-state index is 0. The summed E-state index contributed by atoms with van der Waals surface area (Å²) < 4.78 is 24.5. The van der Waals surface area contributed by atoms with Crippen molar-refractivity contribution in [2.45, 2.75) is 185 Å². The zero-order valence-corrected chi connectivity index (χ0v) is 110. The number of rotatable bonds is 19. The van der Waals surface area contributed by atoms with Crippen LogP contribution in [0.5, 0.6) is 0 Å². The van der Waals surface area contributed by atoms with Crippen molar-refractivity contribution >= 4 is 189 Å². The van der Waals surface area contributed by atoms with E-state index in [9.17, 15) is 0 Å². The van der Waals surface area contributed by atoms with E-state index < -0.39 is 74.9 Å². The molecule has 8 aromatic carbocycles. The number of benzene rings is 8. The summed E-state index contributed by atoms with van der Waals surface area (Å²) in [5.41, 5.74) is 21.8. The van der Waals surface area contributed by atoms with Crippen LogP contribution in [0.4, 0.5) is 0 Å². The van der Waals surface area contributed by atoms with Crippen molar-refractivity contribution in [1.29, 1.82) is 0 Å². The van der Waals surface area contributed by atoms with Gasteiger partial charge in [-0.3, -0.25) is 0 Å². The maximum absolute atomic E-state index is 6.13. The molecule has 0 amide bonds. The van der Waals surface area contributed by atoms with Crippen LogP contribution in [0.15, 0.2) is 328 Å². The number of fused-ring (bicyclic) bond motifs is 12. The molecule has 149 heavy (non-hydrogen) atoms. The molecule has 0 N–H and O–H groups in total. The first kappa shape index (κ1) is 118. The van der Waals surface area contributed by atoms with Gasteiger partial charge in [0.05, 0.1) is 43.7 Å². The van der Waals surface area contributed by atoms with Crippen LogP contribution < -0.4 is 25.9 Å². The number of nitrogens with zero attached hydrogens (tertiary/aromatic N) is 9. The molecule has 0 aliphatic rings. The zero-order chi connectivity index (χ0) is 104. The Morgan fingerprint density at radius 3 is 1.17 bits per heavy atom. The summed E-state index contributed by atoms with van der Waals surface area (Å²) in [4.78, 5) is 41.3.